The predicted molar refractivity (Wildman–Crippen MR) is 95.3 cm³/mol. The van der Waals surface area contributed by atoms with Crippen molar-refractivity contribution in [3.8, 4) is 0 Å². The average molecular weight is 347 g/mol. The molecule has 24 heavy (non-hydrogen) atoms. The zero-order chi connectivity index (χ0) is 17.9. The van der Waals surface area contributed by atoms with E-state index in [2.05, 4.69) is 30.5 Å². The molecular weight excluding hydrogens is 326 g/mol. The SMILES string of the molecule is Cc1nsc(N)c1C(=O)OCC(=O)Nc1ccc(C(C)(C)C)cc1. The molecule has 2 rings (SSSR count). The van der Waals surface area contributed by atoms with Crippen LogP contribution >= 0.6 is 11.5 Å². The van der Waals surface area contributed by atoms with Gasteiger partial charge in [-0.3, -0.25) is 4.79 Å². The van der Waals surface area contributed by atoms with Gasteiger partial charge in [-0.15, -0.1) is 0 Å². The number of benzene rings is 1. The molecule has 0 aliphatic carbocycles. The van der Waals surface area contributed by atoms with Gasteiger partial charge in [0.1, 0.15) is 10.6 Å². The molecule has 0 saturated heterocycles. The lowest BCUT2D eigenvalue weighted by Gasteiger charge is -2.19. The smallest absolute Gasteiger partial charge is 0.343 e. The predicted octanol–water partition coefficient (Wildman–Crippen LogP) is 3.13. The van der Waals surface area contributed by atoms with Gasteiger partial charge in [0.15, 0.2) is 6.61 Å². The number of nitrogens with one attached hydrogen (secondary N) is 1. The van der Waals surface area contributed by atoms with Crippen LogP contribution in [0.15, 0.2) is 24.3 Å². The molecule has 0 spiro atoms. The van der Waals surface area contributed by atoms with Crippen molar-refractivity contribution in [1.29, 1.82) is 0 Å². The minimum atomic E-state index is -0.642. The highest BCUT2D eigenvalue weighted by Crippen LogP contribution is 2.24. The van der Waals surface area contributed by atoms with E-state index in [9.17, 15) is 9.59 Å². The fourth-order valence-electron chi connectivity index (χ4n) is 2.09. The molecule has 128 valence electrons. The number of amides is 1. The number of hydrogen-bond acceptors (Lipinski definition) is 6. The second-order valence-corrected chi connectivity index (χ2v) is 7.26. The zero-order valence-corrected chi connectivity index (χ0v) is 15.0. The highest BCUT2D eigenvalue weighted by atomic mass is 32.1. The van der Waals surface area contributed by atoms with E-state index in [-0.39, 0.29) is 22.6 Å². The summed E-state index contributed by atoms with van der Waals surface area (Å²) < 4.78 is 8.97. The Morgan fingerprint density at radius 2 is 1.88 bits per heavy atom. The van der Waals surface area contributed by atoms with E-state index < -0.39 is 11.9 Å². The minimum Gasteiger partial charge on any atom is -0.452 e. The number of carbonyl (C=O) groups excluding carboxylic acids is 2. The molecule has 1 heterocycles. The number of rotatable bonds is 4. The Labute approximate surface area is 145 Å². The highest BCUT2D eigenvalue weighted by Gasteiger charge is 2.19. The van der Waals surface area contributed by atoms with Gasteiger partial charge < -0.3 is 15.8 Å². The summed E-state index contributed by atoms with van der Waals surface area (Å²) in [6.45, 7) is 7.64. The van der Waals surface area contributed by atoms with Gasteiger partial charge in [-0.2, -0.15) is 4.37 Å². The Balaban J connectivity index is 1.91. The van der Waals surface area contributed by atoms with Crippen LogP contribution in [-0.4, -0.2) is 22.9 Å². The Morgan fingerprint density at radius 1 is 1.25 bits per heavy atom. The summed E-state index contributed by atoms with van der Waals surface area (Å²) in [7, 11) is 0. The first-order chi connectivity index (χ1) is 11.2. The lowest BCUT2D eigenvalue weighted by molar-refractivity contribution is -0.119. The van der Waals surface area contributed by atoms with Gasteiger partial charge in [-0.05, 0) is 41.6 Å². The summed E-state index contributed by atoms with van der Waals surface area (Å²) in [6, 6.07) is 7.57. The van der Waals surface area contributed by atoms with E-state index in [4.69, 9.17) is 10.5 Å². The molecule has 1 aromatic carbocycles. The van der Waals surface area contributed by atoms with Crippen molar-refractivity contribution in [3.63, 3.8) is 0 Å². The Bertz CT molecular complexity index is 726. The van der Waals surface area contributed by atoms with Crippen molar-refractivity contribution in [2.75, 3.05) is 17.7 Å². The van der Waals surface area contributed by atoms with Crippen molar-refractivity contribution in [1.82, 2.24) is 4.37 Å². The molecule has 0 unspecified atom stereocenters. The van der Waals surface area contributed by atoms with Gasteiger partial charge in [0.2, 0.25) is 0 Å². The minimum absolute atomic E-state index is 0.0461. The van der Waals surface area contributed by atoms with E-state index >= 15 is 0 Å². The number of aryl methyl sites for hydroxylation is 1. The van der Waals surface area contributed by atoms with E-state index in [1.165, 1.54) is 5.56 Å². The second kappa shape index (κ2) is 7.00. The van der Waals surface area contributed by atoms with Gasteiger partial charge in [-0.1, -0.05) is 32.9 Å². The van der Waals surface area contributed by atoms with Crippen LogP contribution in [0.1, 0.15) is 42.4 Å². The van der Waals surface area contributed by atoms with Crippen LogP contribution in [0.2, 0.25) is 0 Å². The molecular formula is C17H21N3O3S. The average Bonchev–Trinajstić information content (AvgIpc) is 2.83. The van der Waals surface area contributed by atoms with Crippen LogP contribution in [0.5, 0.6) is 0 Å². The van der Waals surface area contributed by atoms with E-state index in [0.717, 1.165) is 11.5 Å². The van der Waals surface area contributed by atoms with Crippen LogP contribution in [0.4, 0.5) is 10.7 Å². The molecule has 0 radical (unpaired) electrons. The van der Waals surface area contributed by atoms with Crippen molar-refractivity contribution in [2.24, 2.45) is 0 Å². The van der Waals surface area contributed by atoms with E-state index in [1.54, 1.807) is 6.92 Å². The molecule has 0 aliphatic heterocycles. The molecule has 7 heteroatoms. The third kappa shape index (κ3) is 4.32. The summed E-state index contributed by atoms with van der Waals surface area (Å²) >= 11 is 1.03. The number of nitrogens with two attached hydrogens (primary N) is 1. The maximum atomic E-state index is 11.9. The van der Waals surface area contributed by atoms with Gasteiger partial charge in [0, 0.05) is 5.69 Å². The Morgan fingerprint density at radius 3 is 2.38 bits per heavy atom. The van der Waals surface area contributed by atoms with Crippen LogP contribution in [0, 0.1) is 6.92 Å². The fourth-order valence-corrected chi connectivity index (χ4v) is 2.74. The molecule has 1 aromatic heterocycles. The van der Waals surface area contributed by atoms with E-state index in [1.807, 2.05) is 24.3 Å². The van der Waals surface area contributed by atoms with Crippen molar-refractivity contribution < 1.29 is 14.3 Å². The maximum Gasteiger partial charge on any atom is 0.343 e. The van der Waals surface area contributed by atoms with E-state index in [0.29, 0.717) is 11.4 Å². The van der Waals surface area contributed by atoms with Gasteiger partial charge in [0.25, 0.3) is 5.91 Å². The van der Waals surface area contributed by atoms with Crippen LogP contribution in [0.25, 0.3) is 0 Å². The third-order valence-corrected chi connectivity index (χ3v) is 4.23. The lowest BCUT2D eigenvalue weighted by atomic mass is 9.87. The first kappa shape index (κ1) is 17.9. The number of nitrogens with zero attached hydrogens (tertiary/aromatic N) is 1. The number of nitrogen functional groups attached to an aromatic ring is 1. The molecule has 2 aromatic rings. The van der Waals surface area contributed by atoms with Crippen molar-refractivity contribution in [2.45, 2.75) is 33.1 Å². The number of ether oxygens (including phenoxy) is 1. The monoisotopic (exact) mass is 347 g/mol. The molecule has 0 bridgehead atoms. The summed E-state index contributed by atoms with van der Waals surface area (Å²) in [5.74, 6) is -1.05. The summed E-state index contributed by atoms with van der Waals surface area (Å²) in [5, 5.41) is 2.98. The molecule has 1 amide bonds. The third-order valence-electron chi connectivity index (χ3n) is 3.46. The summed E-state index contributed by atoms with van der Waals surface area (Å²) in [5.41, 5.74) is 8.27. The number of aromatic nitrogens is 1. The van der Waals surface area contributed by atoms with Gasteiger partial charge in [-0.25, -0.2) is 4.79 Å². The zero-order valence-electron chi connectivity index (χ0n) is 14.2. The Kier molecular flexibility index (Phi) is 5.23. The quantitative estimate of drug-likeness (QED) is 0.829. The molecule has 0 saturated carbocycles. The first-order valence-corrected chi connectivity index (χ1v) is 8.25. The Hall–Kier alpha value is -2.41. The van der Waals surface area contributed by atoms with Crippen molar-refractivity contribution in [3.05, 3.63) is 41.1 Å². The first-order valence-electron chi connectivity index (χ1n) is 7.47. The van der Waals surface area contributed by atoms with Crippen LogP contribution < -0.4 is 11.1 Å². The molecule has 3 N–H and O–H groups in total. The summed E-state index contributed by atoms with van der Waals surface area (Å²) in [6.07, 6.45) is 0. The normalized spacial score (nSPS) is 11.2. The molecule has 6 nitrogen and oxygen atoms in total. The molecule has 0 fully saturated rings. The topological polar surface area (TPSA) is 94.3 Å². The standard InChI is InChI=1S/C17H21N3O3S/c1-10-14(15(18)24-20-10)16(22)23-9-13(21)19-12-7-5-11(6-8-12)17(2,3)4/h5-8H,9,18H2,1-4H3,(H,19,21). The number of hydrogen-bond donors (Lipinski definition) is 2. The molecule has 0 aliphatic rings. The van der Waals surface area contributed by atoms with Crippen molar-refractivity contribution >= 4 is 34.1 Å². The lowest BCUT2D eigenvalue weighted by Crippen LogP contribution is -2.21. The van der Waals surface area contributed by atoms with Crippen LogP contribution in [-0.2, 0) is 14.9 Å². The largest absolute Gasteiger partial charge is 0.452 e. The van der Waals surface area contributed by atoms with Gasteiger partial charge in [0.05, 0.1) is 5.69 Å². The highest BCUT2D eigenvalue weighted by molar-refractivity contribution is 7.10. The van der Waals surface area contributed by atoms with Crippen LogP contribution in [0.3, 0.4) is 0 Å². The fraction of sp³-hybridized carbons (Fsp3) is 0.353. The molecule has 0 atom stereocenters. The number of carbonyl (C=O) groups is 2. The maximum absolute atomic E-state index is 11.9. The summed E-state index contributed by atoms with van der Waals surface area (Å²) in [4.78, 5) is 23.8. The number of anilines is 2. The second-order valence-electron chi connectivity index (χ2n) is 6.46. The number of esters is 1. The van der Waals surface area contributed by atoms with Gasteiger partial charge >= 0.3 is 5.97 Å².